The van der Waals surface area contributed by atoms with E-state index in [-0.39, 0.29) is 17.9 Å². The van der Waals surface area contributed by atoms with Crippen molar-refractivity contribution in [3.05, 3.63) is 18.0 Å². The molecule has 2 amide bonds. The summed E-state index contributed by atoms with van der Waals surface area (Å²) in [5.41, 5.74) is 0.430. The first-order valence-corrected chi connectivity index (χ1v) is 8.52. The first-order valence-electron chi connectivity index (χ1n) is 8.52. The molecule has 0 radical (unpaired) electrons. The minimum absolute atomic E-state index is 0.172. The number of hydrogen-bond acceptors (Lipinski definition) is 5. The zero-order valence-electron chi connectivity index (χ0n) is 14.1. The van der Waals surface area contributed by atoms with Crippen LogP contribution in [0.4, 0.5) is 0 Å². The molecule has 2 fully saturated rings. The van der Waals surface area contributed by atoms with Gasteiger partial charge >= 0.3 is 0 Å². The van der Waals surface area contributed by atoms with Crippen LogP contribution in [0.5, 0.6) is 0 Å². The predicted molar refractivity (Wildman–Crippen MR) is 87.7 cm³/mol. The van der Waals surface area contributed by atoms with Gasteiger partial charge < -0.3 is 15.0 Å². The van der Waals surface area contributed by atoms with Crippen LogP contribution in [-0.2, 0) is 9.53 Å². The molecule has 0 unspecified atom stereocenters. The van der Waals surface area contributed by atoms with Crippen molar-refractivity contribution in [2.24, 2.45) is 0 Å². The summed E-state index contributed by atoms with van der Waals surface area (Å²) in [7, 11) is 1.60. The SMILES string of the molecule is CNC(=O)c1ccn([C@H]2CCCN(CC(=O)N3CCOCC3)C2)n1. The van der Waals surface area contributed by atoms with E-state index in [1.54, 1.807) is 13.1 Å². The molecule has 8 nitrogen and oxygen atoms in total. The van der Waals surface area contributed by atoms with Gasteiger partial charge in [-0.15, -0.1) is 0 Å². The highest BCUT2D eigenvalue weighted by atomic mass is 16.5. The minimum Gasteiger partial charge on any atom is -0.378 e. The van der Waals surface area contributed by atoms with Gasteiger partial charge in [0.05, 0.1) is 25.8 Å². The van der Waals surface area contributed by atoms with E-state index >= 15 is 0 Å². The molecule has 1 atom stereocenters. The molecule has 132 valence electrons. The van der Waals surface area contributed by atoms with E-state index in [1.807, 2.05) is 15.8 Å². The Bertz CT molecular complexity index is 582. The second kappa shape index (κ2) is 7.76. The van der Waals surface area contributed by atoms with Crippen LogP contribution < -0.4 is 5.32 Å². The molecular formula is C16H25N5O3. The Morgan fingerprint density at radius 2 is 2.12 bits per heavy atom. The van der Waals surface area contributed by atoms with Gasteiger partial charge in [0.2, 0.25) is 5.91 Å². The van der Waals surface area contributed by atoms with Gasteiger partial charge in [-0.1, -0.05) is 0 Å². The first-order chi connectivity index (χ1) is 11.7. The molecule has 1 aromatic rings. The number of carbonyl (C=O) groups excluding carboxylic acids is 2. The van der Waals surface area contributed by atoms with Gasteiger partial charge in [0.1, 0.15) is 5.69 Å². The number of nitrogens with zero attached hydrogens (tertiary/aromatic N) is 4. The molecule has 24 heavy (non-hydrogen) atoms. The highest BCUT2D eigenvalue weighted by Gasteiger charge is 2.26. The lowest BCUT2D eigenvalue weighted by molar-refractivity contribution is -0.136. The molecule has 8 heteroatoms. The number of aromatic nitrogens is 2. The van der Waals surface area contributed by atoms with E-state index in [9.17, 15) is 9.59 Å². The molecule has 2 saturated heterocycles. The predicted octanol–water partition coefficient (Wildman–Crippen LogP) is -0.262. The van der Waals surface area contributed by atoms with Gasteiger partial charge in [-0.05, 0) is 25.5 Å². The summed E-state index contributed by atoms with van der Waals surface area (Å²) in [4.78, 5) is 28.1. The van der Waals surface area contributed by atoms with Crippen molar-refractivity contribution in [3.63, 3.8) is 0 Å². The number of likely N-dealkylation sites (tertiary alicyclic amines) is 1. The van der Waals surface area contributed by atoms with Crippen molar-refractivity contribution in [2.75, 3.05) is 53.0 Å². The number of nitrogens with one attached hydrogen (secondary N) is 1. The Hall–Kier alpha value is -1.93. The van der Waals surface area contributed by atoms with E-state index in [1.165, 1.54) is 0 Å². The fourth-order valence-electron chi connectivity index (χ4n) is 3.29. The summed E-state index contributed by atoms with van der Waals surface area (Å²) in [6.07, 6.45) is 3.88. The zero-order chi connectivity index (χ0) is 16.9. The van der Waals surface area contributed by atoms with Crippen LogP contribution in [0.2, 0.25) is 0 Å². The molecule has 0 saturated carbocycles. The molecule has 2 aliphatic rings. The highest BCUT2D eigenvalue weighted by molar-refractivity contribution is 5.91. The van der Waals surface area contributed by atoms with Crippen LogP contribution in [0.25, 0.3) is 0 Å². The van der Waals surface area contributed by atoms with Gasteiger partial charge in [0.25, 0.3) is 5.91 Å². The van der Waals surface area contributed by atoms with E-state index < -0.39 is 0 Å². The smallest absolute Gasteiger partial charge is 0.271 e. The molecule has 0 spiro atoms. The summed E-state index contributed by atoms with van der Waals surface area (Å²) >= 11 is 0. The zero-order valence-corrected chi connectivity index (χ0v) is 14.1. The van der Waals surface area contributed by atoms with Gasteiger partial charge in [-0.2, -0.15) is 5.10 Å². The van der Waals surface area contributed by atoms with Crippen LogP contribution in [0.1, 0.15) is 29.4 Å². The van der Waals surface area contributed by atoms with Crippen LogP contribution in [0, 0.1) is 0 Å². The average Bonchev–Trinajstić information content (AvgIpc) is 3.12. The average molecular weight is 335 g/mol. The maximum atomic E-state index is 12.4. The molecule has 1 N–H and O–H groups in total. The van der Waals surface area contributed by atoms with Crippen molar-refractivity contribution in [1.82, 2.24) is 24.9 Å². The number of amides is 2. The maximum Gasteiger partial charge on any atom is 0.271 e. The molecule has 3 rings (SSSR count). The van der Waals surface area contributed by atoms with Crippen molar-refractivity contribution in [3.8, 4) is 0 Å². The molecule has 3 heterocycles. The summed E-state index contributed by atoms with van der Waals surface area (Å²) in [5.74, 6) is -0.00521. The number of piperidine rings is 1. The monoisotopic (exact) mass is 335 g/mol. The lowest BCUT2D eigenvalue weighted by Gasteiger charge is -2.34. The van der Waals surface area contributed by atoms with E-state index in [2.05, 4.69) is 15.3 Å². The summed E-state index contributed by atoms with van der Waals surface area (Å²) in [5, 5.41) is 6.96. The van der Waals surface area contributed by atoms with Gasteiger partial charge in [0.15, 0.2) is 0 Å². The van der Waals surface area contributed by atoms with E-state index in [0.29, 0.717) is 38.5 Å². The van der Waals surface area contributed by atoms with Crippen LogP contribution >= 0.6 is 0 Å². The number of carbonyl (C=O) groups is 2. The Balaban J connectivity index is 1.56. The van der Waals surface area contributed by atoms with Gasteiger partial charge in [-0.25, -0.2) is 0 Å². The largest absolute Gasteiger partial charge is 0.378 e. The maximum absolute atomic E-state index is 12.4. The summed E-state index contributed by atoms with van der Waals surface area (Å²) in [6, 6.07) is 1.94. The summed E-state index contributed by atoms with van der Waals surface area (Å²) < 4.78 is 7.15. The van der Waals surface area contributed by atoms with Crippen molar-refractivity contribution in [1.29, 1.82) is 0 Å². The highest BCUT2D eigenvalue weighted by Crippen LogP contribution is 2.21. The Morgan fingerprint density at radius 1 is 1.33 bits per heavy atom. The van der Waals surface area contributed by atoms with E-state index in [0.717, 1.165) is 25.9 Å². The molecule has 0 aromatic carbocycles. The number of morpholine rings is 1. The lowest BCUT2D eigenvalue weighted by Crippen LogP contribution is -2.48. The fourth-order valence-corrected chi connectivity index (χ4v) is 3.29. The fraction of sp³-hybridized carbons (Fsp3) is 0.688. The quantitative estimate of drug-likeness (QED) is 0.820. The Labute approximate surface area is 141 Å². The third kappa shape index (κ3) is 3.93. The van der Waals surface area contributed by atoms with Crippen LogP contribution in [0.3, 0.4) is 0 Å². The Kier molecular flexibility index (Phi) is 5.47. The van der Waals surface area contributed by atoms with Crippen molar-refractivity contribution >= 4 is 11.8 Å². The third-order valence-electron chi connectivity index (χ3n) is 4.65. The van der Waals surface area contributed by atoms with Crippen LogP contribution in [-0.4, -0.2) is 84.4 Å². The third-order valence-corrected chi connectivity index (χ3v) is 4.65. The minimum atomic E-state index is -0.177. The molecule has 0 aliphatic carbocycles. The normalized spacial score (nSPS) is 22.4. The second-order valence-corrected chi connectivity index (χ2v) is 6.28. The second-order valence-electron chi connectivity index (χ2n) is 6.28. The molecular weight excluding hydrogens is 310 g/mol. The van der Waals surface area contributed by atoms with Crippen molar-refractivity contribution in [2.45, 2.75) is 18.9 Å². The molecule has 1 aromatic heterocycles. The van der Waals surface area contributed by atoms with Gasteiger partial charge in [0, 0.05) is 32.9 Å². The van der Waals surface area contributed by atoms with Gasteiger partial charge in [-0.3, -0.25) is 19.2 Å². The Morgan fingerprint density at radius 3 is 2.88 bits per heavy atom. The summed E-state index contributed by atoms with van der Waals surface area (Å²) in [6.45, 7) is 4.78. The van der Waals surface area contributed by atoms with Crippen LogP contribution in [0.15, 0.2) is 12.3 Å². The first kappa shape index (κ1) is 16.9. The number of ether oxygens (including phenoxy) is 1. The van der Waals surface area contributed by atoms with E-state index in [4.69, 9.17) is 4.74 Å². The standard InChI is InChI=1S/C16H25N5O3/c1-17-16(23)14-4-6-21(18-14)13-3-2-5-19(11-13)12-15(22)20-7-9-24-10-8-20/h4,6,13H,2-3,5,7-12H2,1H3,(H,17,23)/t13-/m0/s1. The number of hydrogen-bond donors (Lipinski definition) is 1. The number of rotatable bonds is 4. The molecule has 0 bridgehead atoms. The topological polar surface area (TPSA) is 79.7 Å². The van der Waals surface area contributed by atoms with Crippen molar-refractivity contribution < 1.29 is 14.3 Å². The lowest BCUT2D eigenvalue weighted by atomic mass is 10.1. The molecule has 2 aliphatic heterocycles.